The highest BCUT2D eigenvalue weighted by atomic mass is 32.2. The second-order valence-electron chi connectivity index (χ2n) is 4.45. The Balaban J connectivity index is 3.70. The summed E-state index contributed by atoms with van der Waals surface area (Å²) >= 11 is 0. The quantitative estimate of drug-likeness (QED) is 0.462. The van der Waals surface area contributed by atoms with Gasteiger partial charge >= 0.3 is 0 Å². The Morgan fingerprint density at radius 1 is 1.00 bits per heavy atom. The fourth-order valence-corrected chi connectivity index (χ4v) is 4.45. The zero-order valence-electron chi connectivity index (χ0n) is 12.1. The van der Waals surface area contributed by atoms with Crippen LogP contribution in [0, 0.1) is 0 Å². The second kappa shape index (κ2) is 6.88. The largest absolute Gasteiger partial charge is 0.502 e. The SMILES string of the molecule is COc1cc(C(C(CO)S(=O)(=O)O)S(=O)(=O)O)cc(OC)c1O. The lowest BCUT2D eigenvalue weighted by Crippen LogP contribution is -2.35. The third kappa shape index (κ3) is 4.23. The molecule has 0 bridgehead atoms. The molecule has 2 atom stereocenters. The summed E-state index contributed by atoms with van der Waals surface area (Å²) in [5, 5.41) is 14.4. The van der Waals surface area contributed by atoms with Gasteiger partial charge < -0.3 is 19.7 Å². The van der Waals surface area contributed by atoms with Gasteiger partial charge in [0.1, 0.15) is 10.5 Å². The van der Waals surface area contributed by atoms with E-state index in [0.717, 1.165) is 26.4 Å². The van der Waals surface area contributed by atoms with E-state index in [1.165, 1.54) is 0 Å². The predicted octanol–water partition coefficient (Wildman–Crippen LogP) is -0.413. The van der Waals surface area contributed by atoms with Gasteiger partial charge in [0, 0.05) is 0 Å². The summed E-state index contributed by atoms with van der Waals surface area (Å²) in [6.45, 7) is -1.28. The monoisotopic (exact) mass is 372 g/mol. The standard InChI is InChI=1S/C11H16O10S2/c1-20-7-3-6(4-8(21-2)10(7)13)11(23(17,18)19)9(5-12)22(14,15)16/h3-4,9,11-13H,5H2,1-2H3,(H,14,15,16)(H,17,18,19). The molecule has 0 aliphatic heterocycles. The Bertz CT molecular complexity index is 743. The Labute approximate surface area is 132 Å². The van der Waals surface area contributed by atoms with E-state index < -0.39 is 43.1 Å². The van der Waals surface area contributed by atoms with Gasteiger partial charge in [-0.2, -0.15) is 16.8 Å². The fourth-order valence-electron chi connectivity index (χ4n) is 2.00. The van der Waals surface area contributed by atoms with Crippen LogP contribution in [0.2, 0.25) is 0 Å². The van der Waals surface area contributed by atoms with Crippen molar-refractivity contribution in [2.45, 2.75) is 10.5 Å². The van der Waals surface area contributed by atoms with Crippen LogP contribution < -0.4 is 9.47 Å². The molecular formula is C11H16O10S2. The number of ether oxygens (including phenoxy) is 2. The van der Waals surface area contributed by atoms with Crippen LogP contribution in [0.25, 0.3) is 0 Å². The third-order valence-corrected chi connectivity index (χ3v) is 5.65. The molecule has 10 nitrogen and oxygen atoms in total. The lowest BCUT2D eigenvalue weighted by atomic mass is 10.1. The summed E-state index contributed by atoms with van der Waals surface area (Å²) in [5.41, 5.74) is -0.379. The minimum Gasteiger partial charge on any atom is -0.502 e. The molecule has 0 radical (unpaired) electrons. The lowest BCUT2D eigenvalue weighted by Gasteiger charge is -2.22. The Hall–Kier alpha value is -1.60. The fraction of sp³-hybridized carbons (Fsp3) is 0.455. The molecule has 132 valence electrons. The van der Waals surface area contributed by atoms with Crippen LogP contribution in [-0.4, -0.2) is 62.2 Å². The number of benzene rings is 1. The molecule has 1 rings (SSSR count). The number of aliphatic hydroxyl groups is 1. The molecule has 0 spiro atoms. The van der Waals surface area contributed by atoms with Crippen molar-refractivity contribution < 1.29 is 45.6 Å². The summed E-state index contributed by atoms with van der Waals surface area (Å²) in [5.74, 6) is -1.01. The first-order valence-corrected chi connectivity index (χ1v) is 8.96. The molecule has 23 heavy (non-hydrogen) atoms. The third-order valence-electron chi connectivity index (χ3n) is 3.05. The van der Waals surface area contributed by atoms with Crippen molar-refractivity contribution in [3.8, 4) is 17.2 Å². The van der Waals surface area contributed by atoms with E-state index in [9.17, 15) is 26.5 Å². The number of rotatable bonds is 7. The molecule has 4 N–H and O–H groups in total. The van der Waals surface area contributed by atoms with E-state index in [-0.39, 0.29) is 17.1 Å². The first-order chi connectivity index (χ1) is 10.5. The molecule has 0 aromatic heterocycles. The van der Waals surface area contributed by atoms with Gasteiger partial charge in [-0.3, -0.25) is 9.11 Å². The van der Waals surface area contributed by atoms with Crippen molar-refractivity contribution in [2.75, 3.05) is 20.8 Å². The van der Waals surface area contributed by atoms with Crippen LogP contribution in [-0.2, 0) is 20.2 Å². The van der Waals surface area contributed by atoms with E-state index in [1.54, 1.807) is 0 Å². The second-order valence-corrected chi connectivity index (χ2v) is 7.62. The molecule has 0 heterocycles. The predicted molar refractivity (Wildman–Crippen MR) is 77.9 cm³/mol. The molecule has 0 aliphatic rings. The first kappa shape index (κ1) is 19.4. The maximum Gasteiger partial charge on any atom is 0.273 e. The van der Waals surface area contributed by atoms with Crippen molar-refractivity contribution in [3.05, 3.63) is 17.7 Å². The summed E-state index contributed by atoms with van der Waals surface area (Å²) in [7, 11) is -7.80. The molecule has 0 saturated carbocycles. The van der Waals surface area contributed by atoms with Gasteiger partial charge in [0.2, 0.25) is 5.75 Å². The molecule has 1 aromatic carbocycles. The van der Waals surface area contributed by atoms with Crippen LogP contribution in [0.5, 0.6) is 17.2 Å². The molecular weight excluding hydrogens is 356 g/mol. The topological polar surface area (TPSA) is 168 Å². The van der Waals surface area contributed by atoms with Gasteiger partial charge in [-0.05, 0) is 17.7 Å². The molecule has 12 heteroatoms. The zero-order valence-corrected chi connectivity index (χ0v) is 13.7. The van der Waals surface area contributed by atoms with Crippen LogP contribution in [0.3, 0.4) is 0 Å². The van der Waals surface area contributed by atoms with E-state index in [1.807, 2.05) is 0 Å². The highest BCUT2D eigenvalue weighted by Crippen LogP contribution is 2.41. The number of methoxy groups -OCH3 is 2. The molecule has 0 amide bonds. The van der Waals surface area contributed by atoms with Gasteiger partial charge in [-0.1, -0.05) is 0 Å². The molecule has 0 aliphatic carbocycles. The van der Waals surface area contributed by atoms with E-state index in [4.69, 9.17) is 19.1 Å². The van der Waals surface area contributed by atoms with Gasteiger partial charge in [0.25, 0.3) is 20.2 Å². The summed E-state index contributed by atoms with van der Waals surface area (Å²) in [6, 6.07) is 1.87. The summed E-state index contributed by atoms with van der Waals surface area (Å²) < 4.78 is 73.8. The van der Waals surface area contributed by atoms with E-state index in [2.05, 4.69) is 0 Å². The normalized spacial score (nSPS) is 15.0. The number of phenols is 1. The highest BCUT2D eigenvalue weighted by molar-refractivity contribution is 7.90. The van der Waals surface area contributed by atoms with Crippen molar-refractivity contribution in [2.24, 2.45) is 0 Å². The maximum absolute atomic E-state index is 11.6. The van der Waals surface area contributed by atoms with Gasteiger partial charge in [-0.25, -0.2) is 0 Å². The first-order valence-electron chi connectivity index (χ1n) is 5.95. The molecule has 1 aromatic rings. The van der Waals surface area contributed by atoms with E-state index >= 15 is 0 Å². The molecule has 0 saturated heterocycles. The number of hydrogen-bond donors (Lipinski definition) is 4. The van der Waals surface area contributed by atoms with Crippen LogP contribution in [0.1, 0.15) is 10.8 Å². The Morgan fingerprint density at radius 3 is 1.70 bits per heavy atom. The summed E-state index contributed by atoms with van der Waals surface area (Å²) in [6.07, 6.45) is 0. The van der Waals surface area contributed by atoms with Crippen molar-refractivity contribution in [1.29, 1.82) is 0 Å². The zero-order chi connectivity index (χ0) is 18.0. The van der Waals surface area contributed by atoms with Crippen molar-refractivity contribution in [1.82, 2.24) is 0 Å². The number of hydrogen-bond acceptors (Lipinski definition) is 8. The highest BCUT2D eigenvalue weighted by Gasteiger charge is 2.42. The van der Waals surface area contributed by atoms with Crippen molar-refractivity contribution in [3.63, 3.8) is 0 Å². The minimum absolute atomic E-state index is 0.264. The minimum atomic E-state index is -5.07. The molecule has 2 unspecified atom stereocenters. The smallest absolute Gasteiger partial charge is 0.273 e. The Morgan fingerprint density at radius 2 is 1.43 bits per heavy atom. The van der Waals surface area contributed by atoms with Crippen molar-refractivity contribution >= 4 is 20.2 Å². The Kier molecular flexibility index (Phi) is 5.82. The van der Waals surface area contributed by atoms with E-state index in [0.29, 0.717) is 0 Å². The average molecular weight is 372 g/mol. The van der Waals surface area contributed by atoms with Crippen LogP contribution >= 0.6 is 0 Å². The number of phenolic OH excluding ortho intramolecular Hbond substituents is 1. The number of aliphatic hydroxyl groups excluding tert-OH is 1. The molecule has 0 fully saturated rings. The van der Waals surface area contributed by atoms with Crippen LogP contribution in [0.4, 0.5) is 0 Å². The van der Waals surface area contributed by atoms with Crippen LogP contribution in [0.15, 0.2) is 12.1 Å². The lowest BCUT2D eigenvalue weighted by molar-refractivity contribution is 0.276. The summed E-state index contributed by atoms with van der Waals surface area (Å²) in [4.78, 5) is 0. The average Bonchev–Trinajstić information content (AvgIpc) is 2.42. The van der Waals surface area contributed by atoms with Gasteiger partial charge in [0.05, 0.1) is 20.8 Å². The maximum atomic E-state index is 11.6. The van der Waals surface area contributed by atoms with Gasteiger partial charge in [0.15, 0.2) is 11.5 Å². The number of aromatic hydroxyl groups is 1. The van der Waals surface area contributed by atoms with Gasteiger partial charge in [-0.15, -0.1) is 0 Å².